The summed E-state index contributed by atoms with van der Waals surface area (Å²) in [5.41, 5.74) is 11.7. The van der Waals surface area contributed by atoms with Gasteiger partial charge >= 0.3 is 0 Å². The average Bonchev–Trinajstić information content (AvgIpc) is 3.57. The van der Waals surface area contributed by atoms with E-state index in [4.69, 9.17) is 5.73 Å². The highest BCUT2D eigenvalue weighted by atomic mass is 14.9. The Morgan fingerprint density at radius 3 is 2.64 bits per heavy atom. The van der Waals surface area contributed by atoms with Gasteiger partial charge in [0.25, 0.3) is 0 Å². The van der Waals surface area contributed by atoms with Gasteiger partial charge < -0.3 is 5.73 Å². The molecule has 7 unspecified atom stereocenters. The molecule has 152 valence electrons. The van der Waals surface area contributed by atoms with E-state index < -0.39 is 0 Å². The van der Waals surface area contributed by atoms with Crippen molar-refractivity contribution in [2.45, 2.75) is 84.1 Å². The second-order valence-corrected chi connectivity index (χ2v) is 12.1. The molecule has 0 bridgehead atoms. The minimum atomic E-state index is -0.0232. The summed E-state index contributed by atoms with van der Waals surface area (Å²) in [5, 5.41) is 0. The molecule has 0 aromatic rings. The first kappa shape index (κ1) is 18.0. The van der Waals surface area contributed by atoms with Crippen molar-refractivity contribution in [3.05, 3.63) is 36.0 Å². The van der Waals surface area contributed by atoms with Crippen molar-refractivity contribution >= 4 is 0 Å². The third-order valence-corrected chi connectivity index (χ3v) is 11.1. The van der Waals surface area contributed by atoms with E-state index in [-0.39, 0.29) is 5.54 Å². The van der Waals surface area contributed by atoms with Crippen LogP contribution in [-0.2, 0) is 0 Å². The lowest BCUT2D eigenvalue weighted by molar-refractivity contribution is -0.0748. The molecule has 1 nitrogen and oxygen atoms in total. The van der Waals surface area contributed by atoms with Crippen molar-refractivity contribution in [1.82, 2.24) is 0 Å². The maximum absolute atomic E-state index is 7.41. The van der Waals surface area contributed by atoms with Gasteiger partial charge in [0.2, 0.25) is 0 Å². The molecular formula is C27H39N. The third-order valence-electron chi connectivity index (χ3n) is 11.1. The van der Waals surface area contributed by atoms with E-state index in [1.54, 1.807) is 5.57 Å². The molecule has 6 aliphatic rings. The molecule has 5 fully saturated rings. The summed E-state index contributed by atoms with van der Waals surface area (Å²) in [6.45, 7) is 11.9. The maximum Gasteiger partial charge on any atom is 0.0412 e. The first-order valence-electron chi connectivity index (χ1n) is 12.2. The highest BCUT2D eigenvalue weighted by molar-refractivity contribution is 5.45. The molecule has 8 atom stereocenters. The summed E-state index contributed by atoms with van der Waals surface area (Å²) >= 11 is 0. The highest BCUT2D eigenvalue weighted by Gasteiger charge is 2.75. The molecule has 0 aromatic carbocycles. The van der Waals surface area contributed by atoms with Gasteiger partial charge in [0.05, 0.1) is 0 Å². The first-order valence-corrected chi connectivity index (χ1v) is 12.2. The van der Waals surface area contributed by atoms with E-state index in [1.165, 1.54) is 50.5 Å². The molecule has 28 heavy (non-hydrogen) atoms. The largest absolute Gasteiger partial charge is 0.321 e. The van der Waals surface area contributed by atoms with Crippen LogP contribution < -0.4 is 5.73 Å². The topological polar surface area (TPSA) is 26.0 Å². The Hall–Kier alpha value is -0.820. The van der Waals surface area contributed by atoms with Gasteiger partial charge in [-0.25, -0.2) is 0 Å². The second-order valence-electron chi connectivity index (χ2n) is 12.1. The van der Waals surface area contributed by atoms with Crippen LogP contribution in [0.2, 0.25) is 0 Å². The van der Waals surface area contributed by atoms with E-state index in [0.29, 0.717) is 16.2 Å². The monoisotopic (exact) mass is 377 g/mol. The zero-order chi connectivity index (χ0) is 19.5. The number of nitrogens with two attached hydrogens (primary N) is 1. The summed E-state index contributed by atoms with van der Waals surface area (Å²) < 4.78 is 0. The molecule has 0 saturated heterocycles. The first-order chi connectivity index (χ1) is 13.3. The Labute approximate surface area is 171 Å². The zero-order valence-electron chi connectivity index (χ0n) is 18.3. The van der Waals surface area contributed by atoms with Gasteiger partial charge in [-0.15, -0.1) is 0 Å². The van der Waals surface area contributed by atoms with Crippen molar-refractivity contribution in [2.75, 3.05) is 0 Å². The minimum absolute atomic E-state index is 0.0232. The lowest BCUT2D eigenvalue weighted by Gasteiger charge is -2.62. The van der Waals surface area contributed by atoms with Gasteiger partial charge in [-0.1, -0.05) is 51.2 Å². The van der Waals surface area contributed by atoms with E-state index in [9.17, 15) is 0 Å². The van der Waals surface area contributed by atoms with Crippen LogP contribution in [0.5, 0.6) is 0 Å². The Balaban J connectivity index is 1.43. The van der Waals surface area contributed by atoms with E-state index >= 15 is 0 Å². The number of rotatable bonds is 2. The van der Waals surface area contributed by atoms with E-state index in [1.807, 2.05) is 0 Å². The maximum atomic E-state index is 7.41. The van der Waals surface area contributed by atoms with Crippen LogP contribution in [0.1, 0.15) is 78.6 Å². The summed E-state index contributed by atoms with van der Waals surface area (Å²) in [7, 11) is 0. The molecule has 0 radical (unpaired) electrons. The molecule has 0 amide bonds. The Morgan fingerprint density at radius 2 is 1.93 bits per heavy atom. The van der Waals surface area contributed by atoms with Gasteiger partial charge in [-0.05, 0) is 109 Å². The van der Waals surface area contributed by atoms with Gasteiger partial charge in [0.15, 0.2) is 0 Å². The average molecular weight is 378 g/mol. The predicted octanol–water partition coefficient (Wildman–Crippen LogP) is 6.42. The molecule has 6 rings (SSSR count). The van der Waals surface area contributed by atoms with Crippen LogP contribution in [0, 0.1) is 45.8 Å². The molecule has 1 heteroatoms. The quantitative estimate of drug-likeness (QED) is 0.552. The lowest BCUT2D eigenvalue weighted by Crippen LogP contribution is -2.63. The summed E-state index contributed by atoms with van der Waals surface area (Å²) in [6, 6.07) is 0. The fraction of sp³-hybridized carbons (Fsp3) is 0.778. The van der Waals surface area contributed by atoms with Crippen molar-refractivity contribution in [2.24, 2.45) is 51.6 Å². The third kappa shape index (κ3) is 1.94. The van der Waals surface area contributed by atoms with Crippen LogP contribution >= 0.6 is 0 Å². The van der Waals surface area contributed by atoms with Crippen molar-refractivity contribution < 1.29 is 0 Å². The minimum Gasteiger partial charge on any atom is -0.321 e. The van der Waals surface area contributed by atoms with Crippen molar-refractivity contribution in [1.29, 1.82) is 0 Å². The van der Waals surface area contributed by atoms with Gasteiger partial charge in [0, 0.05) is 5.54 Å². The fourth-order valence-electron chi connectivity index (χ4n) is 9.42. The number of allylic oxidation sites excluding steroid dienone is 4. The fourth-order valence-corrected chi connectivity index (χ4v) is 9.42. The van der Waals surface area contributed by atoms with Crippen molar-refractivity contribution in [3.63, 3.8) is 0 Å². The van der Waals surface area contributed by atoms with E-state index in [0.717, 1.165) is 42.4 Å². The summed E-state index contributed by atoms with van der Waals surface area (Å²) in [4.78, 5) is 0. The summed E-state index contributed by atoms with van der Waals surface area (Å²) in [6.07, 6.45) is 19.5. The summed E-state index contributed by atoms with van der Waals surface area (Å²) in [5.74, 6) is 4.41. The van der Waals surface area contributed by atoms with Crippen LogP contribution in [0.4, 0.5) is 0 Å². The van der Waals surface area contributed by atoms with Crippen molar-refractivity contribution in [3.8, 4) is 0 Å². The molecular weight excluding hydrogens is 338 g/mol. The highest BCUT2D eigenvalue weighted by Crippen LogP contribution is 2.81. The Bertz CT molecular complexity index is 799. The van der Waals surface area contributed by atoms with Crippen LogP contribution in [0.15, 0.2) is 36.0 Å². The lowest BCUT2D eigenvalue weighted by atomic mass is 9.44. The van der Waals surface area contributed by atoms with E-state index in [2.05, 4.69) is 45.6 Å². The van der Waals surface area contributed by atoms with Crippen LogP contribution in [-0.4, -0.2) is 5.54 Å². The molecule has 0 heterocycles. The molecule has 5 saturated carbocycles. The van der Waals surface area contributed by atoms with Gasteiger partial charge in [-0.2, -0.15) is 0 Å². The number of hydrogen-bond donors (Lipinski definition) is 1. The molecule has 0 aromatic heterocycles. The smallest absolute Gasteiger partial charge is 0.0412 e. The Kier molecular flexibility index (Phi) is 3.38. The normalized spacial score (nSPS) is 55.4. The standard InChI is InChI=1S/C27H39N/c1-5-6-9-24(3)21-15-18(21)23-19-16-26(12-13-26)22-14-17(2)7-11-27(22,28)20(19)8-10-25(23,24)4/h6,9,14,18-21,23H,2,5,7-8,10-13,15-16,28H2,1,3-4H3/b9-6-/t18?,19?,20?,21?,23?,24-,25?,27?/m1/s1. The second kappa shape index (κ2) is 5.26. The molecule has 1 spiro atoms. The number of hydrogen-bond acceptors (Lipinski definition) is 1. The molecule has 0 aliphatic heterocycles. The Morgan fingerprint density at radius 1 is 1.14 bits per heavy atom. The van der Waals surface area contributed by atoms with Crippen LogP contribution in [0.3, 0.4) is 0 Å². The molecule has 6 aliphatic carbocycles. The zero-order valence-corrected chi connectivity index (χ0v) is 18.3. The van der Waals surface area contributed by atoms with Crippen LogP contribution in [0.25, 0.3) is 0 Å². The van der Waals surface area contributed by atoms with Gasteiger partial charge in [0.1, 0.15) is 0 Å². The van der Waals surface area contributed by atoms with Gasteiger partial charge in [-0.3, -0.25) is 0 Å². The number of fused-ring (bicyclic) bond motifs is 8. The molecule has 2 N–H and O–H groups in total. The SMILES string of the molecule is C=C1C=C2C3(CC3)CC3C(CCC4(C)C3C3CC3[C@@]4(C)/C=C\CC)C2(N)CC1. The predicted molar refractivity (Wildman–Crippen MR) is 117 cm³/mol.